The minimum Gasteiger partial charge on any atom is -0.359 e. The predicted molar refractivity (Wildman–Crippen MR) is 61.8 cm³/mol. The van der Waals surface area contributed by atoms with E-state index in [-0.39, 0.29) is 23.7 Å². The van der Waals surface area contributed by atoms with Crippen LogP contribution >= 0.6 is 0 Å². The molecule has 17 heavy (non-hydrogen) atoms. The largest absolute Gasteiger partial charge is 0.359 e. The van der Waals surface area contributed by atoms with Gasteiger partial charge in [0.2, 0.25) is 5.91 Å². The van der Waals surface area contributed by atoms with Gasteiger partial charge in [-0.25, -0.2) is 4.39 Å². The van der Waals surface area contributed by atoms with Crippen molar-refractivity contribution in [1.29, 1.82) is 0 Å². The Morgan fingerprint density at radius 1 is 1.41 bits per heavy atom. The Balaban J connectivity index is 2.04. The van der Waals surface area contributed by atoms with E-state index in [9.17, 15) is 9.18 Å². The van der Waals surface area contributed by atoms with E-state index in [2.05, 4.69) is 0 Å². The van der Waals surface area contributed by atoms with Crippen LogP contribution in [-0.4, -0.2) is 29.7 Å². The summed E-state index contributed by atoms with van der Waals surface area (Å²) < 4.78 is 18.0. The number of nitrogens with zero attached hydrogens (tertiary/aromatic N) is 1. The van der Waals surface area contributed by atoms with Crippen molar-refractivity contribution in [1.82, 2.24) is 4.90 Å². The van der Waals surface area contributed by atoms with Crippen LogP contribution < -0.4 is 0 Å². The van der Waals surface area contributed by atoms with Crippen LogP contribution in [0.4, 0.5) is 4.39 Å². The van der Waals surface area contributed by atoms with Gasteiger partial charge >= 0.3 is 0 Å². The third kappa shape index (κ3) is 2.64. The molecule has 1 fully saturated rings. The first-order valence-electron chi connectivity index (χ1n) is 5.62. The van der Waals surface area contributed by atoms with Crippen molar-refractivity contribution in [3.05, 3.63) is 35.6 Å². The molecule has 1 saturated heterocycles. The summed E-state index contributed by atoms with van der Waals surface area (Å²) in [4.78, 5) is 13.8. The summed E-state index contributed by atoms with van der Waals surface area (Å²) in [6, 6.07) is 6.01. The molecule has 0 aliphatic carbocycles. The molecule has 1 aromatic rings. The van der Waals surface area contributed by atoms with Gasteiger partial charge in [-0.1, -0.05) is 12.1 Å². The van der Waals surface area contributed by atoms with Crippen molar-refractivity contribution in [3.63, 3.8) is 0 Å². The Morgan fingerprint density at radius 2 is 2.06 bits per heavy atom. The Labute approximate surface area is 100 Å². The number of carbonyl (C=O) groups excluding carboxylic acids is 1. The van der Waals surface area contributed by atoms with E-state index in [0.29, 0.717) is 13.3 Å². The molecule has 0 saturated carbocycles. The molecular weight excluding hydrogens is 221 g/mol. The quantitative estimate of drug-likeness (QED) is 0.787. The van der Waals surface area contributed by atoms with Gasteiger partial charge in [0.25, 0.3) is 0 Å². The zero-order valence-corrected chi connectivity index (χ0v) is 10.1. The summed E-state index contributed by atoms with van der Waals surface area (Å²) in [6.45, 7) is 4.85. The lowest BCUT2D eigenvalue weighted by Crippen LogP contribution is -2.44. The first-order chi connectivity index (χ1) is 7.99. The van der Waals surface area contributed by atoms with Crippen molar-refractivity contribution >= 4 is 5.91 Å². The van der Waals surface area contributed by atoms with Crippen LogP contribution in [-0.2, 0) is 16.0 Å². The summed E-state index contributed by atoms with van der Waals surface area (Å²) in [5.74, 6) is -0.273. The third-order valence-corrected chi connectivity index (χ3v) is 2.98. The Kier molecular flexibility index (Phi) is 3.15. The highest BCUT2D eigenvalue weighted by Gasteiger charge is 2.36. The zero-order chi connectivity index (χ0) is 12.5. The van der Waals surface area contributed by atoms with Crippen LogP contribution in [0.15, 0.2) is 24.3 Å². The van der Waals surface area contributed by atoms with Crippen LogP contribution in [0.2, 0.25) is 0 Å². The molecule has 0 unspecified atom stereocenters. The van der Waals surface area contributed by atoms with Crippen LogP contribution in [0.3, 0.4) is 0 Å². The van der Waals surface area contributed by atoms with E-state index >= 15 is 0 Å². The maximum atomic E-state index is 12.7. The molecular formula is C13H16FNO2. The van der Waals surface area contributed by atoms with Crippen molar-refractivity contribution in [2.75, 3.05) is 13.3 Å². The Morgan fingerprint density at radius 3 is 2.59 bits per heavy atom. The second kappa shape index (κ2) is 4.45. The lowest BCUT2D eigenvalue weighted by Gasteiger charge is -2.29. The average molecular weight is 237 g/mol. The highest BCUT2D eigenvalue weighted by atomic mass is 19.1. The SMILES string of the molecule is CC1(C)COCN1C(=O)Cc1ccc(F)cc1. The third-order valence-electron chi connectivity index (χ3n) is 2.98. The maximum absolute atomic E-state index is 12.7. The normalized spacial score (nSPS) is 18.4. The van der Waals surface area contributed by atoms with E-state index in [1.165, 1.54) is 12.1 Å². The molecule has 1 aliphatic heterocycles. The van der Waals surface area contributed by atoms with Gasteiger partial charge in [0.1, 0.15) is 12.5 Å². The van der Waals surface area contributed by atoms with Gasteiger partial charge in [0, 0.05) is 0 Å². The molecule has 1 amide bonds. The summed E-state index contributed by atoms with van der Waals surface area (Å²) in [5.41, 5.74) is 0.566. The number of hydrogen-bond acceptors (Lipinski definition) is 2. The zero-order valence-electron chi connectivity index (χ0n) is 10.1. The number of amides is 1. The molecule has 2 rings (SSSR count). The van der Waals surface area contributed by atoms with Crippen LogP contribution in [0.25, 0.3) is 0 Å². The molecule has 0 aromatic heterocycles. The Hall–Kier alpha value is -1.42. The van der Waals surface area contributed by atoms with Gasteiger partial charge in [-0.05, 0) is 31.5 Å². The first kappa shape index (κ1) is 12.0. The van der Waals surface area contributed by atoms with Crippen LogP contribution in [0.1, 0.15) is 19.4 Å². The number of carbonyl (C=O) groups is 1. The van der Waals surface area contributed by atoms with Crippen LogP contribution in [0.5, 0.6) is 0 Å². The van der Waals surface area contributed by atoms with Crippen LogP contribution in [0, 0.1) is 5.82 Å². The van der Waals surface area contributed by atoms with E-state index in [1.54, 1.807) is 17.0 Å². The summed E-state index contributed by atoms with van der Waals surface area (Å²) in [7, 11) is 0. The van der Waals surface area contributed by atoms with Crippen molar-refractivity contribution in [3.8, 4) is 0 Å². The molecule has 0 spiro atoms. The monoisotopic (exact) mass is 237 g/mol. The lowest BCUT2D eigenvalue weighted by molar-refractivity contribution is -0.134. The Bertz CT molecular complexity index is 414. The molecule has 0 atom stereocenters. The number of halogens is 1. The van der Waals surface area contributed by atoms with Gasteiger partial charge in [-0.3, -0.25) is 4.79 Å². The molecule has 4 heteroatoms. The molecule has 0 radical (unpaired) electrons. The fourth-order valence-corrected chi connectivity index (χ4v) is 1.92. The molecule has 0 N–H and O–H groups in total. The highest BCUT2D eigenvalue weighted by Crippen LogP contribution is 2.22. The van der Waals surface area contributed by atoms with Crippen molar-refractivity contribution < 1.29 is 13.9 Å². The van der Waals surface area contributed by atoms with Gasteiger partial charge in [-0.15, -0.1) is 0 Å². The molecule has 92 valence electrons. The van der Waals surface area contributed by atoms with E-state index in [0.717, 1.165) is 5.56 Å². The first-order valence-corrected chi connectivity index (χ1v) is 5.62. The molecule has 3 nitrogen and oxygen atoms in total. The second-order valence-corrected chi connectivity index (χ2v) is 4.92. The number of rotatable bonds is 2. The number of ether oxygens (including phenoxy) is 1. The van der Waals surface area contributed by atoms with E-state index in [4.69, 9.17) is 4.74 Å². The standard InChI is InChI=1S/C13H16FNO2/c1-13(2)8-17-9-15(13)12(16)7-10-3-5-11(14)6-4-10/h3-6H,7-9H2,1-2H3. The second-order valence-electron chi connectivity index (χ2n) is 4.92. The van der Waals surface area contributed by atoms with E-state index in [1.807, 2.05) is 13.8 Å². The van der Waals surface area contributed by atoms with Gasteiger partial charge < -0.3 is 9.64 Å². The van der Waals surface area contributed by atoms with E-state index < -0.39 is 0 Å². The van der Waals surface area contributed by atoms with Crippen molar-refractivity contribution in [2.24, 2.45) is 0 Å². The smallest absolute Gasteiger partial charge is 0.229 e. The van der Waals surface area contributed by atoms with Gasteiger partial charge in [0.15, 0.2) is 0 Å². The molecule has 0 bridgehead atoms. The minimum absolute atomic E-state index is 0.0131. The molecule has 1 heterocycles. The molecule has 1 aliphatic rings. The minimum atomic E-state index is -0.286. The topological polar surface area (TPSA) is 29.5 Å². The number of hydrogen-bond donors (Lipinski definition) is 0. The predicted octanol–water partition coefficient (Wildman–Crippen LogP) is 1.96. The fourth-order valence-electron chi connectivity index (χ4n) is 1.92. The van der Waals surface area contributed by atoms with Crippen molar-refractivity contribution in [2.45, 2.75) is 25.8 Å². The highest BCUT2D eigenvalue weighted by molar-refractivity contribution is 5.79. The fraction of sp³-hybridized carbons (Fsp3) is 0.462. The van der Waals surface area contributed by atoms with Gasteiger partial charge in [-0.2, -0.15) is 0 Å². The lowest BCUT2D eigenvalue weighted by atomic mass is 10.0. The molecule has 1 aromatic carbocycles. The maximum Gasteiger partial charge on any atom is 0.229 e. The summed E-state index contributed by atoms with van der Waals surface area (Å²) >= 11 is 0. The van der Waals surface area contributed by atoms with Gasteiger partial charge in [0.05, 0.1) is 18.6 Å². The summed E-state index contributed by atoms with van der Waals surface area (Å²) in [6.07, 6.45) is 0.285. The number of benzene rings is 1. The summed E-state index contributed by atoms with van der Waals surface area (Å²) in [5, 5.41) is 0. The average Bonchev–Trinajstić information content (AvgIpc) is 2.61.